The number of ether oxygens (including phenoxy) is 1. The van der Waals surface area contributed by atoms with Gasteiger partial charge in [0, 0.05) is 6.04 Å². The van der Waals surface area contributed by atoms with Crippen molar-refractivity contribution < 1.29 is 14.6 Å². The van der Waals surface area contributed by atoms with Crippen LogP contribution in [0.25, 0.3) is 0 Å². The fourth-order valence-electron chi connectivity index (χ4n) is 1.35. The molecule has 0 aliphatic heterocycles. The molecule has 5 nitrogen and oxygen atoms in total. The molecule has 0 bridgehead atoms. The van der Waals surface area contributed by atoms with Gasteiger partial charge in [-0.25, -0.2) is 4.79 Å². The van der Waals surface area contributed by atoms with Crippen molar-refractivity contribution in [3.8, 4) is 0 Å². The number of hydrogen-bond acceptors (Lipinski definition) is 4. The number of nitrogens with zero attached hydrogens (tertiary/aromatic N) is 2. The molecule has 0 amide bonds. The Morgan fingerprint density at radius 3 is 2.81 bits per heavy atom. The van der Waals surface area contributed by atoms with Crippen LogP contribution in [0, 0.1) is 0 Å². The first-order valence-corrected chi connectivity index (χ1v) is 5.44. The van der Waals surface area contributed by atoms with Crippen LogP contribution < -0.4 is 0 Å². The summed E-state index contributed by atoms with van der Waals surface area (Å²) < 4.78 is 6.23. The summed E-state index contributed by atoms with van der Waals surface area (Å²) in [5.74, 6) is -0.716. The maximum absolute atomic E-state index is 11.4. The lowest BCUT2D eigenvalue weighted by Crippen LogP contribution is -2.20. The first kappa shape index (κ1) is 13.0. The van der Waals surface area contributed by atoms with E-state index < -0.39 is 12.1 Å². The van der Waals surface area contributed by atoms with E-state index in [1.54, 1.807) is 6.92 Å². The van der Waals surface area contributed by atoms with Gasteiger partial charge < -0.3 is 9.84 Å². The normalized spacial score (nSPS) is 12.9. The molecular formula is C10H15ClN2O3. The van der Waals surface area contributed by atoms with Crippen molar-refractivity contribution in [1.29, 1.82) is 0 Å². The van der Waals surface area contributed by atoms with Crippen LogP contribution >= 0.6 is 11.6 Å². The van der Waals surface area contributed by atoms with Gasteiger partial charge in [-0.05, 0) is 20.8 Å². The smallest absolute Gasteiger partial charge is 0.341 e. The van der Waals surface area contributed by atoms with Crippen molar-refractivity contribution >= 4 is 17.6 Å². The average Bonchev–Trinajstić information content (AvgIpc) is 2.59. The Morgan fingerprint density at radius 2 is 2.31 bits per heavy atom. The maximum atomic E-state index is 11.4. The first-order chi connectivity index (χ1) is 7.49. The third-order valence-corrected chi connectivity index (χ3v) is 2.34. The molecule has 0 aliphatic rings. The topological polar surface area (TPSA) is 64.3 Å². The first-order valence-electron chi connectivity index (χ1n) is 5.06. The zero-order chi connectivity index (χ0) is 12.3. The molecule has 0 spiro atoms. The van der Waals surface area contributed by atoms with Gasteiger partial charge in [0.1, 0.15) is 0 Å². The molecule has 6 heteroatoms. The summed E-state index contributed by atoms with van der Waals surface area (Å²) >= 11 is 5.88. The summed E-state index contributed by atoms with van der Waals surface area (Å²) in [5, 5.41) is 14.1. The van der Waals surface area contributed by atoms with Crippen LogP contribution in [0.1, 0.15) is 38.6 Å². The standard InChI is InChI=1S/C10H15ClN2O3/c1-4-16-10(15)9(14)8-7(11)5-12-13(8)6(2)3/h5-6,9,14H,4H2,1-3H3. The molecular weight excluding hydrogens is 232 g/mol. The van der Waals surface area contributed by atoms with E-state index in [4.69, 9.17) is 16.3 Å². The lowest BCUT2D eigenvalue weighted by Gasteiger charge is -2.15. The van der Waals surface area contributed by atoms with E-state index in [-0.39, 0.29) is 23.4 Å². The number of esters is 1. The van der Waals surface area contributed by atoms with Gasteiger partial charge in [-0.1, -0.05) is 11.6 Å². The Kier molecular flexibility index (Phi) is 4.32. The third kappa shape index (κ3) is 2.54. The van der Waals surface area contributed by atoms with Gasteiger partial charge in [0.15, 0.2) is 6.10 Å². The van der Waals surface area contributed by atoms with Crippen LogP contribution in [-0.2, 0) is 9.53 Å². The molecule has 0 saturated heterocycles. The SMILES string of the molecule is CCOC(=O)C(O)c1c(Cl)cnn1C(C)C. The van der Waals surface area contributed by atoms with E-state index in [1.165, 1.54) is 10.9 Å². The summed E-state index contributed by atoms with van der Waals surface area (Å²) in [6, 6.07) is 0.00609. The van der Waals surface area contributed by atoms with Crippen LogP contribution in [0.4, 0.5) is 0 Å². The number of halogens is 1. The van der Waals surface area contributed by atoms with Gasteiger partial charge >= 0.3 is 5.97 Å². The second-order valence-electron chi connectivity index (χ2n) is 3.57. The molecule has 1 atom stereocenters. The van der Waals surface area contributed by atoms with Crippen LogP contribution in [0.3, 0.4) is 0 Å². The molecule has 0 aromatic carbocycles. The second kappa shape index (κ2) is 5.32. The quantitative estimate of drug-likeness (QED) is 0.822. The number of hydrogen-bond donors (Lipinski definition) is 1. The Bertz CT molecular complexity index is 376. The summed E-state index contributed by atoms with van der Waals surface area (Å²) in [7, 11) is 0. The van der Waals surface area contributed by atoms with Crippen molar-refractivity contribution in [2.24, 2.45) is 0 Å². The summed E-state index contributed by atoms with van der Waals surface area (Å²) in [5.41, 5.74) is 0.273. The number of carbonyl (C=O) groups is 1. The van der Waals surface area contributed by atoms with E-state index in [0.29, 0.717) is 0 Å². The predicted octanol–water partition coefficient (Wildman–Crippen LogP) is 1.71. The monoisotopic (exact) mass is 246 g/mol. The highest BCUT2D eigenvalue weighted by molar-refractivity contribution is 6.31. The van der Waals surface area contributed by atoms with E-state index in [9.17, 15) is 9.90 Å². The molecule has 0 fully saturated rings. The van der Waals surface area contributed by atoms with E-state index >= 15 is 0 Å². The molecule has 1 heterocycles. The van der Waals surface area contributed by atoms with E-state index in [1.807, 2.05) is 13.8 Å². The summed E-state index contributed by atoms with van der Waals surface area (Å²) in [4.78, 5) is 11.4. The van der Waals surface area contributed by atoms with Crippen LogP contribution in [0.5, 0.6) is 0 Å². The molecule has 1 aromatic rings. The fourth-order valence-corrected chi connectivity index (χ4v) is 1.58. The Morgan fingerprint density at radius 1 is 1.69 bits per heavy atom. The largest absolute Gasteiger partial charge is 0.464 e. The van der Waals surface area contributed by atoms with Crippen molar-refractivity contribution in [3.05, 3.63) is 16.9 Å². The van der Waals surface area contributed by atoms with Gasteiger partial charge in [-0.3, -0.25) is 4.68 Å². The molecule has 1 aromatic heterocycles. The van der Waals surface area contributed by atoms with Crippen molar-refractivity contribution in [3.63, 3.8) is 0 Å². The molecule has 1 N–H and O–H groups in total. The number of rotatable bonds is 4. The molecule has 1 unspecified atom stereocenters. The van der Waals surface area contributed by atoms with Crippen LogP contribution in [-0.4, -0.2) is 27.5 Å². The third-order valence-electron chi connectivity index (χ3n) is 2.04. The molecule has 90 valence electrons. The highest BCUT2D eigenvalue weighted by Gasteiger charge is 2.26. The lowest BCUT2D eigenvalue weighted by atomic mass is 10.2. The highest BCUT2D eigenvalue weighted by Crippen LogP contribution is 2.26. The summed E-state index contributed by atoms with van der Waals surface area (Å²) in [6.45, 7) is 5.64. The van der Waals surface area contributed by atoms with Crippen molar-refractivity contribution in [2.75, 3.05) is 6.61 Å². The van der Waals surface area contributed by atoms with Gasteiger partial charge in [0.25, 0.3) is 0 Å². The zero-order valence-corrected chi connectivity index (χ0v) is 10.2. The Hall–Kier alpha value is -1.07. The van der Waals surface area contributed by atoms with Gasteiger partial charge in [0.05, 0.1) is 23.5 Å². The molecule has 1 rings (SSSR count). The number of carbonyl (C=O) groups excluding carboxylic acids is 1. The number of aliphatic hydroxyl groups is 1. The van der Waals surface area contributed by atoms with Crippen LogP contribution in [0.15, 0.2) is 6.20 Å². The fraction of sp³-hybridized carbons (Fsp3) is 0.600. The number of aromatic nitrogens is 2. The van der Waals surface area contributed by atoms with Gasteiger partial charge in [-0.15, -0.1) is 0 Å². The maximum Gasteiger partial charge on any atom is 0.341 e. The average molecular weight is 247 g/mol. The van der Waals surface area contributed by atoms with Crippen LogP contribution in [0.2, 0.25) is 5.02 Å². The molecule has 0 radical (unpaired) electrons. The van der Waals surface area contributed by atoms with E-state index in [0.717, 1.165) is 0 Å². The molecule has 0 aliphatic carbocycles. The van der Waals surface area contributed by atoms with Crippen molar-refractivity contribution in [2.45, 2.75) is 32.9 Å². The Labute approximate surface area is 99.0 Å². The van der Waals surface area contributed by atoms with E-state index in [2.05, 4.69) is 5.10 Å². The molecule has 0 saturated carbocycles. The second-order valence-corrected chi connectivity index (χ2v) is 3.98. The molecule has 16 heavy (non-hydrogen) atoms. The predicted molar refractivity (Wildman–Crippen MR) is 59.2 cm³/mol. The minimum Gasteiger partial charge on any atom is -0.464 e. The Balaban J connectivity index is 3.02. The lowest BCUT2D eigenvalue weighted by molar-refractivity contribution is -0.153. The number of aliphatic hydroxyl groups excluding tert-OH is 1. The minimum atomic E-state index is -1.39. The minimum absolute atomic E-state index is 0.00609. The van der Waals surface area contributed by atoms with Gasteiger partial charge in [-0.2, -0.15) is 5.10 Å². The van der Waals surface area contributed by atoms with Gasteiger partial charge in [0.2, 0.25) is 0 Å². The summed E-state index contributed by atoms with van der Waals surface area (Å²) in [6.07, 6.45) is 0.0108. The zero-order valence-electron chi connectivity index (χ0n) is 9.48. The van der Waals surface area contributed by atoms with Crippen molar-refractivity contribution in [1.82, 2.24) is 9.78 Å². The highest BCUT2D eigenvalue weighted by atomic mass is 35.5.